The molecule has 9 heteroatoms. The number of fused-ring (bicyclic) bond motifs is 1. The summed E-state index contributed by atoms with van der Waals surface area (Å²) in [5.74, 6) is -1.27. The molecular weight excluding hydrogens is 278 g/mol. The number of nitrogens with zero attached hydrogens (tertiary/aromatic N) is 2. The maximum Gasteiger partial charge on any atom is 0.326 e. The van der Waals surface area contributed by atoms with Gasteiger partial charge in [-0.05, 0) is 0 Å². The van der Waals surface area contributed by atoms with Crippen molar-refractivity contribution in [2.24, 2.45) is 0 Å². The van der Waals surface area contributed by atoms with E-state index in [0.717, 1.165) is 5.69 Å². The van der Waals surface area contributed by atoms with Crippen LogP contribution in [0.2, 0.25) is 0 Å². The maximum absolute atomic E-state index is 12.1. The molecule has 0 saturated carbocycles. The Balaban J connectivity index is 2.01. The summed E-state index contributed by atoms with van der Waals surface area (Å²) < 4.78 is 0. The van der Waals surface area contributed by atoms with Gasteiger partial charge in [0.2, 0.25) is 5.91 Å². The SMILES string of the molecule is CNC(=O)CCNC(=O)N1Cc2[nH]cnc2CC1C(=O)O. The number of carbonyl (C=O) groups is 3. The number of aromatic nitrogens is 2. The number of H-pyrrole nitrogens is 1. The van der Waals surface area contributed by atoms with Crippen LogP contribution in [0.1, 0.15) is 17.8 Å². The van der Waals surface area contributed by atoms with Crippen LogP contribution in [0.25, 0.3) is 0 Å². The quantitative estimate of drug-likeness (QED) is 0.570. The minimum absolute atomic E-state index is 0.142. The highest BCUT2D eigenvalue weighted by Gasteiger charge is 2.35. The van der Waals surface area contributed by atoms with Crippen molar-refractivity contribution in [3.63, 3.8) is 0 Å². The van der Waals surface area contributed by atoms with Gasteiger partial charge in [-0.15, -0.1) is 0 Å². The van der Waals surface area contributed by atoms with Gasteiger partial charge in [0.25, 0.3) is 0 Å². The number of carboxylic acids is 1. The molecule has 2 rings (SSSR count). The van der Waals surface area contributed by atoms with E-state index in [2.05, 4.69) is 20.6 Å². The van der Waals surface area contributed by atoms with Crippen LogP contribution in [0.3, 0.4) is 0 Å². The minimum atomic E-state index is -1.08. The lowest BCUT2D eigenvalue weighted by Crippen LogP contribution is -2.52. The zero-order valence-corrected chi connectivity index (χ0v) is 11.5. The van der Waals surface area contributed by atoms with Gasteiger partial charge in [-0.1, -0.05) is 0 Å². The molecule has 1 unspecified atom stereocenters. The summed E-state index contributed by atoms with van der Waals surface area (Å²) in [6.45, 7) is 0.301. The number of nitrogens with one attached hydrogen (secondary N) is 3. The van der Waals surface area contributed by atoms with Gasteiger partial charge in [-0.2, -0.15) is 0 Å². The smallest absolute Gasteiger partial charge is 0.326 e. The van der Waals surface area contributed by atoms with Crippen molar-refractivity contribution in [1.82, 2.24) is 25.5 Å². The number of imidazole rings is 1. The van der Waals surface area contributed by atoms with Crippen LogP contribution in [0.5, 0.6) is 0 Å². The first-order valence-corrected chi connectivity index (χ1v) is 6.52. The van der Waals surface area contributed by atoms with Gasteiger partial charge in [0.05, 0.1) is 24.3 Å². The van der Waals surface area contributed by atoms with Gasteiger partial charge in [-0.3, -0.25) is 4.79 Å². The van der Waals surface area contributed by atoms with E-state index in [1.54, 1.807) is 0 Å². The van der Waals surface area contributed by atoms with Crippen molar-refractivity contribution in [3.8, 4) is 0 Å². The molecule has 21 heavy (non-hydrogen) atoms. The average Bonchev–Trinajstić information content (AvgIpc) is 2.92. The van der Waals surface area contributed by atoms with Crippen molar-refractivity contribution < 1.29 is 19.5 Å². The number of carbonyl (C=O) groups excluding carboxylic acids is 2. The van der Waals surface area contributed by atoms with Gasteiger partial charge in [0.1, 0.15) is 6.04 Å². The lowest BCUT2D eigenvalue weighted by molar-refractivity contribution is -0.142. The third kappa shape index (κ3) is 3.30. The number of aromatic amines is 1. The van der Waals surface area contributed by atoms with E-state index < -0.39 is 18.0 Å². The van der Waals surface area contributed by atoms with Crippen LogP contribution in [0, 0.1) is 0 Å². The normalized spacial score (nSPS) is 17.0. The third-order valence-corrected chi connectivity index (χ3v) is 3.35. The summed E-state index contributed by atoms with van der Waals surface area (Å²) in [4.78, 5) is 42.7. The predicted octanol–water partition coefficient (Wildman–Crippen LogP) is -0.933. The molecule has 1 aromatic heterocycles. The van der Waals surface area contributed by atoms with E-state index in [9.17, 15) is 19.5 Å². The molecule has 0 bridgehead atoms. The fourth-order valence-corrected chi connectivity index (χ4v) is 2.18. The average molecular weight is 295 g/mol. The number of rotatable bonds is 4. The Kier molecular flexibility index (Phi) is 4.41. The van der Waals surface area contributed by atoms with Crippen molar-refractivity contribution in [2.45, 2.75) is 25.4 Å². The predicted molar refractivity (Wildman–Crippen MR) is 71.3 cm³/mol. The molecule has 1 aliphatic rings. The summed E-state index contributed by atoms with van der Waals surface area (Å²) in [5, 5.41) is 14.2. The Morgan fingerprint density at radius 2 is 2.29 bits per heavy atom. The van der Waals surface area contributed by atoms with E-state index in [-0.39, 0.29) is 31.8 Å². The Hall–Kier alpha value is -2.58. The fraction of sp³-hybridized carbons (Fsp3) is 0.500. The third-order valence-electron chi connectivity index (χ3n) is 3.35. The minimum Gasteiger partial charge on any atom is -0.480 e. The van der Waals surface area contributed by atoms with Crippen LogP contribution in [-0.4, -0.2) is 57.5 Å². The van der Waals surface area contributed by atoms with Gasteiger partial charge in [0.15, 0.2) is 0 Å². The molecule has 0 radical (unpaired) electrons. The van der Waals surface area contributed by atoms with E-state index in [0.29, 0.717) is 5.69 Å². The van der Waals surface area contributed by atoms with Crippen LogP contribution in [0.15, 0.2) is 6.33 Å². The summed E-state index contributed by atoms with van der Waals surface area (Å²) in [7, 11) is 1.51. The van der Waals surface area contributed by atoms with Crippen molar-refractivity contribution in [2.75, 3.05) is 13.6 Å². The second kappa shape index (κ2) is 6.25. The maximum atomic E-state index is 12.1. The molecule has 3 amide bonds. The molecule has 1 aromatic rings. The highest BCUT2D eigenvalue weighted by Crippen LogP contribution is 2.20. The van der Waals surface area contributed by atoms with Crippen LogP contribution in [-0.2, 0) is 22.6 Å². The van der Waals surface area contributed by atoms with Gasteiger partial charge < -0.3 is 25.6 Å². The summed E-state index contributed by atoms with van der Waals surface area (Å²) >= 11 is 0. The first kappa shape index (κ1) is 14.8. The Morgan fingerprint density at radius 3 is 2.95 bits per heavy atom. The molecule has 114 valence electrons. The molecule has 0 saturated heterocycles. The number of carboxylic acid groups (broad SMARTS) is 1. The zero-order chi connectivity index (χ0) is 15.4. The summed E-state index contributed by atoms with van der Waals surface area (Å²) in [6, 6.07) is -1.47. The van der Waals surface area contributed by atoms with Gasteiger partial charge >= 0.3 is 12.0 Å². The Bertz CT molecular complexity index is 556. The molecule has 4 N–H and O–H groups in total. The van der Waals surface area contributed by atoms with Gasteiger partial charge in [0, 0.05) is 26.4 Å². The van der Waals surface area contributed by atoms with E-state index in [1.807, 2.05) is 0 Å². The molecule has 2 heterocycles. The van der Waals surface area contributed by atoms with E-state index in [1.165, 1.54) is 18.3 Å². The molecule has 0 spiro atoms. The monoisotopic (exact) mass is 295 g/mol. The lowest BCUT2D eigenvalue weighted by atomic mass is 10.0. The highest BCUT2D eigenvalue weighted by molar-refractivity contribution is 5.84. The molecule has 9 nitrogen and oxygen atoms in total. The lowest BCUT2D eigenvalue weighted by Gasteiger charge is -2.32. The van der Waals surface area contributed by atoms with Crippen LogP contribution in [0.4, 0.5) is 4.79 Å². The topological polar surface area (TPSA) is 127 Å². The number of urea groups is 1. The zero-order valence-electron chi connectivity index (χ0n) is 11.5. The Labute approximate surface area is 120 Å². The standard InChI is InChI=1S/C12H17N5O4/c1-13-10(18)2-3-14-12(21)17-5-8-7(15-6-16-8)4-9(17)11(19)20/h6,9H,2-5H2,1H3,(H,13,18)(H,14,21)(H,15,16)(H,19,20). The molecule has 1 aliphatic heterocycles. The Morgan fingerprint density at radius 1 is 1.52 bits per heavy atom. The molecule has 0 aliphatic carbocycles. The van der Waals surface area contributed by atoms with Crippen molar-refractivity contribution >= 4 is 17.9 Å². The molecular formula is C12H17N5O4. The number of hydrogen-bond donors (Lipinski definition) is 4. The second-order valence-electron chi connectivity index (χ2n) is 4.67. The summed E-state index contributed by atoms with van der Waals surface area (Å²) in [6.07, 6.45) is 1.79. The first-order valence-electron chi connectivity index (χ1n) is 6.52. The molecule has 1 atom stereocenters. The second-order valence-corrected chi connectivity index (χ2v) is 4.67. The summed E-state index contributed by atoms with van der Waals surface area (Å²) in [5.41, 5.74) is 1.39. The largest absolute Gasteiger partial charge is 0.480 e. The van der Waals surface area contributed by atoms with E-state index in [4.69, 9.17) is 0 Å². The van der Waals surface area contributed by atoms with Crippen molar-refractivity contribution in [3.05, 3.63) is 17.7 Å². The van der Waals surface area contributed by atoms with Crippen LogP contribution >= 0.6 is 0 Å². The fourth-order valence-electron chi connectivity index (χ4n) is 2.18. The van der Waals surface area contributed by atoms with E-state index >= 15 is 0 Å². The number of amides is 3. The number of hydrogen-bond acceptors (Lipinski definition) is 4. The first-order chi connectivity index (χ1) is 10.0. The molecule has 0 fully saturated rings. The highest BCUT2D eigenvalue weighted by atomic mass is 16.4. The van der Waals surface area contributed by atoms with Crippen LogP contribution < -0.4 is 10.6 Å². The van der Waals surface area contributed by atoms with Crippen molar-refractivity contribution in [1.29, 1.82) is 0 Å². The molecule has 0 aromatic carbocycles. The number of aliphatic carboxylic acids is 1. The van der Waals surface area contributed by atoms with Gasteiger partial charge in [-0.25, -0.2) is 14.6 Å².